The molecule has 1 saturated heterocycles. The highest BCUT2D eigenvalue weighted by Crippen LogP contribution is 2.16. The highest BCUT2D eigenvalue weighted by molar-refractivity contribution is 5.83. The highest BCUT2D eigenvalue weighted by Gasteiger charge is 2.23. The first-order valence-electron chi connectivity index (χ1n) is 8.04. The van der Waals surface area contributed by atoms with E-state index in [-0.39, 0.29) is 18.4 Å². The van der Waals surface area contributed by atoms with Crippen molar-refractivity contribution in [2.45, 2.75) is 40.2 Å². The molecule has 120 valence electrons. The van der Waals surface area contributed by atoms with Crippen LogP contribution in [0.2, 0.25) is 0 Å². The van der Waals surface area contributed by atoms with Gasteiger partial charge >= 0.3 is 0 Å². The standard InChI is InChI=1S/C18H26N2O2/c1-14-4-6-17(7-5-14)12-20(16(3)21)13-18(22)19-10-8-15(2)9-11-19/h4-7,15H,8-13H2,1-3H3. The second-order valence-corrected chi connectivity index (χ2v) is 6.42. The smallest absolute Gasteiger partial charge is 0.242 e. The molecule has 4 heteroatoms. The van der Waals surface area contributed by atoms with E-state index in [9.17, 15) is 9.59 Å². The Morgan fingerprint density at radius 1 is 1.18 bits per heavy atom. The number of nitrogens with zero attached hydrogens (tertiary/aromatic N) is 2. The molecule has 0 aliphatic carbocycles. The van der Waals surface area contributed by atoms with E-state index in [1.807, 2.05) is 36.1 Å². The number of likely N-dealkylation sites (tertiary alicyclic amines) is 1. The Morgan fingerprint density at radius 3 is 2.32 bits per heavy atom. The summed E-state index contributed by atoms with van der Waals surface area (Å²) in [5.74, 6) is 0.703. The van der Waals surface area contributed by atoms with E-state index in [4.69, 9.17) is 0 Å². The number of hydrogen-bond donors (Lipinski definition) is 0. The lowest BCUT2D eigenvalue weighted by Crippen LogP contribution is -2.44. The molecule has 1 aliphatic rings. The number of hydrogen-bond acceptors (Lipinski definition) is 2. The molecular formula is C18H26N2O2. The lowest BCUT2D eigenvalue weighted by atomic mass is 9.99. The summed E-state index contributed by atoms with van der Waals surface area (Å²) in [6.45, 7) is 8.09. The monoisotopic (exact) mass is 302 g/mol. The predicted octanol–water partition coefficient (Wildman–Crippen LogP) is 2.60. The second-order valence-electron chi connectivity index (χ2n) is 6.42. The molecule has 4 nitrogen and oxygen atoms in total. The molecule has 1 aromatic rings. The van der Waals surface area contributed by atoms with Crippen LogP contribution in [0, 0.1) is 12.8 Å². The third-order valence-electron chi connectivity index (χ3n) is 4.40. The average molecular weight is 302 g/mol. The topological polar surface area (TPSA) is 40.6 Å². The second kappa shape index (κ2) is 7.43. The van der Waals surface area contributed by atoms with Crippen molar-refractivity contribution in [1.29, 1.82) is 0 Å². The lowest BCUT2D eigenvalue weighted by Gasteiger charge is -2.32. The summed E-state index contributed by atoms with van der Waals surface area (Å²) in [5.41, 5.74) is 2.25. The molecule has 0 unspecified atom stereocenters. The van der Waals surface area contributed by atoms with Crippen LogP contribution in [0.1, 0.15) is 37.8 Å². The minimum Gasteiger partial charge on any atom is -0.341 e. The third-order valence-corrected chi connectivity index (χ3v) is 4.40. The number of carbonyl (C=O) groups is 2. The molecule has 1 aliphatic heterocycles. The van der Waals surface area contributed by atoms with Crippen LogP contribution < -0.4 is 0 Å². The molecule has 1 aromatic carbocycles. The number of rotatable bonds is 4. The van der Waals surface area contributed by atoms with Crippen molar-refractivity contribution in [3.63, 3.8) is 0 Å². The molecule has 1 fully saturated rings. The summed E-state index contributed by atoms with van der Waals surface area (Å²) in [7, 11) is 0. The van der Waals surface area contributed by atoms with Gasteiger partial charge in [-0.05, 0) is 31.2 Å². The van der Waals surface area contributed by atoms with Crippen molar-refractivity contribution in [3.8, 4) is 0 Å². The Morgan fingerprint density at radius 2 is 1.77 bits per heavy atom. The first-order chi connectivity index (χ1) is 10.5. The first-order valence-corrected chi connectivity index (χ1v) is 8.04. The van der Waals surface area contributed by atoms with E-state index in [0.717, 1.165) is 31.5 Å². The maximum atomic E-state index is 12.4. The Kier molecular flexibility index (Phi) is 5.58. The van der Waals surface area contributed by atoms with Gasteiger partial charge in [0.05, 0.1) is 0 Å². The van der Waals surface area contributed by atoms with Crippen molar-refractivity contribution in [2.75, 3.05) is 19.6 Å². The van der Waals surface area contributed by atoms with Crippen LogP contribution in [0.4, 0.5) is 0 Å². The average Bonchev–Trinajstić information content (AvgIpc) is 2.49. The minimum absolute atomic E-state index is 0.0562. The van der Waals surface area contributed by atoms with Gasteiger partial charge in [0, 0.05) is 26.6 Å². The normalized spacial score (nSPS) is 15.7. The summed E-state index contributed by atoms with van der Waals surface area (Å²) < 4.78 is 0. The molecule has 22 heavy (non-hydrogen) atoms. The highest BCUT2D eigenvalue weighted by atomic mass is 16.2. The predicted molar refractivity (Wildman–Crippen MR) is 87.2 cm³/mol. The molecule has 0 aromatic heterocycles. The minimum atomic E-state index is -0.0562. The third kappa shape index (κ3) is 4.58. The zero-order valence-corrected chi connectivity index (χ0v) is 13.8. The van der Waals surface area contributed by atoms with E-state index in [1.165, 1.54) is 12.5 Å². The Bertz CT molecular complexity index is 516. The van der Waals surface area contributed by atoms with Gasteiger partial charge in [-0.3, -0.25) is 9.59 Å². The van der Waals surface area contributed by atoms with Gasteiger partial charge in [-0.25, -0.2) is 0 Å². The maximum Gasteiger partial charge on any atom is 0.242 e. The molecule has 0 atom stereocenters. The van der Waals surface area contributed by atoms with E-state index < -0.39 is 0 Å². The zero-order valence-electron chi connectivity index (χ0n) is 13.8. The fraction of sp³-hybridized carbons (Fsp3) is 0.556. The molecule has 2 rings (SSSR count). The quantitative estimate of drug-likeness (QED) is 0.858. The SMILES string of the molecule is CC(=O)N(CC(=O)N1CCC(C)CC1)Cc1ccc(C)cc1. The van der Waals surface area contributed by atoms with Crippen LogP contribution >= 0.6 is 0 Å². The fourth-order valence-corrected chi connectivity index (χ4v) is 2.71. The Labute approximate surface area is 133 Å². The molecular weight excluding hydrogens is 276 g/mol. The molecule has 1 heterocycles. The number of benzene rings is 1. The van der Waals surface area contributed by atoms with Crippen LogP contribution in [-0.4, -0.2) is 41.2 Å². The van der Waals surface area contributed by atoms with Gasteiger partial charge in [0.15, 0.2) is 0 Å². The summed E-state index contributed by atoms with van der Waals surface area (Å²) in [5, 5.41) is 0. The van der Waals surface area contributed by atoms with Crippen molar-refractivity contribution >= 4 is 11.8 Å². The number of aryl methyl sites for hydroxylation is 1. The molecule has 0 spiro atoms. The molecule has 2 amide bonds. The van der Waals surface area contributed by atoms with Crippen molar-refractivity contribution < 1.29 is 9.59 Å². The van der Waals surface area contributed by atoms with E-state index in [1.54, 1.807) is 4.90 Å². The van der Waals surface area contributed by atoms with Gasteiger partial charge in [-0.2, -0.15) is 0 Å². The van der Waals surface area contributed by atoms with E-state index in [0.29, 0.717) is 12.5 Å². The van der Waals surface area contributed by atoms with Gasteiger partial charge in [-0.1, -0.05) is 36.8 Å². The summed E-state index contributed by atoms with van der Waals surface area (Å²) in [6, 6.07) is 8.08. The molecule has 0 saturated carbocycles. The number of carbonyl (C=O) groups excluding carboxylic acids is 2. The largest absolute Gasteiger partial charge is 0.341 e. The van der Waals surface area contributed by atoms with E-state index in [2.05, 4.69) is 6.92 Å². The Hall–Kier alpha value is -1.84. The Balaban J connectivity index is 1.95. The van der Waals surface area contributed by atoms with Crippen molar-refractivity contribution in [3.05, 3.63) is 35.4 Å². The first kappa shape index (κ1) is 16.5. The van der Waals surface area contributed by atoms with Gasteiger partial charge in [0.2, 0.25) is 11.8 Å². The summed E-state index contributed by atoms with van der Waals surface area (Å²) >= 11 is 0. The molecule has 0 bridgehead atoms. The maximum absolute atomic E-state index is 12.4. The van der Waals surface area contributed by atoms with Crippen molar-refractivity contribution in [1.82, 2.24) is 9.80 Å². The van der Waals surface area contributed by atoms with Crippen LogP contribution in [0.25, 0.3) is 0 Å². The number of piperidine rings is 1. The lowest BCUT2D eigenvalue weighted by molar-refractivity contribution is -0.140. The van der Waals surface area contributed by atoms with Gasteiger partial charge in [0.1, 0.15) is 6.54 Å². The van der Waals surface area contributed by atoms with Gasteiger partial charge in [0.25, 0.3) is 0 Å². The molecule has 0 radical (unpaired) electrons. The fourth-order valence-electron chi connectivity index (χ4n) is 2.71. The van der Waals surface area contributed by atoms with Crippen LogP contribution in [0.3, 0.4) is 0 Å². The van der Waals surface area contributed by atoms with Crippen molar-refractivity contribution in [2.24, 2.45) is 5.92 Å². The summed E-state index contributed by atoms with van der Waals surface area (Å²) in [4.78, 5) is 27.8. The van der Waals surface area contributed by atoms with Gasteiger partial charge in [-0.15, -0.1) is 0 Å². The molecule has 0 N–H and O–H groups in total. The van der Waals surface area contributed by atoms with E-state index >= 15 is 0 Å². The van der Waals surface area contributed by atoms with Crippen LogP contribution in [-0.2, 0) is 16.1 Å². The number of amides is 2. The van der Waals surface area contributed by atoms with Gasteiger partial charge < -0.3 is 9.80 Å². The summed E-state index contributed by atoms with van der Waals surface area (Å²) in [6.07, 6.45) is 2.12. The van der Waals surface area contributed by atoms with Crippen LogP contribution in [0.15, 0.2) is 24.3 Å². The van der Waals surface area contributed by atoms with Crippen LogP contribution in [0.5, 0.6) is 0 Å². The zero-order chi connectivity index (χ0) is 16.1.